The van der Waals surface area contributed by atoms with Crippen LogP contribution in [0, 0.1) is 12.7 Å². The van der Waals surface area contributed by atoms with Gasteiger partial charge in [0.2, 0.25) is 0 Å². The molecule has 0 aliphatic rings. The number of ether oxygens (including phenoxy) is 1. The van der Waals surface area contributed by atoms with Crippen LogP contribution in [0.25, 0.3) is 0 Å². The van der Waals surface area contributed by atoms with E-state index in [0.29, 0.717) is 5.02 Å². The van der Waals surface area contributed by atoms with Gasteiger partial charge in [0.15, 0.2) is 11.6 Å². The summed E-state index contributed by atoms with van der Waals surface area (Å²) in [7, 11) is 1.46. The molecule has 1 N–H and O–H groups in total. The predicted molar refractivity (Wildman–Crippen MR) is 84.7 cm³/mol. The van der Waals surface area contributed by atoms with Crippen LogP contribution in [0.1, 0.15) is 29.7 Å². The van der Waals surface area contributed by atoms with Crippen LogP contribution in [0.4, 0.5) is 4.39 Å². The SMILES string of the molecule is CCNC(c1ccc(OC)c(F)c1)c1cccc(C)c1Cl. The minimum absolute atomic E-state index is 0.150. The molecule has 21 heavy (non-hydrogen) atoms. The summed E-state index contributed by atoms with van der Waals surface area (Å²) in [5.74, 6) is -0.133. The fraction of sp³-hybridized carbons (Fsp3) is 0.294. The van der Waals surface area contributed by atoms with Gasteiger partial charge in [0, 0.05) is 5.02 Å². The van der Waals surface area contributed by atoms with E-state index in [2.05, 4.69) is 5.32 Å². The maximum atomic E-state index is 14.0. The third-order valence-corrected chi connectivity index (χ3v) is 3.97. The first-order chi connectivity index (χ1) is 10.1. The zero-order valence-corrected chi connectivity index (χ0v) is 13.2. The Morgan fingerprint density at radius 3 is 2.67 bits per heavy atom. The summed E-state index contributed by atoms with van der Waals surface area (Å²) >= 11 is 6.41. The molecule has 0 aromatic heterocycles. The number of benzene rings is 2. The first-order valence-corrected chi connectivity index (χ1v) is 7.28. The molecular weight excluding hydrogens is 289 g/mol. The molecule has 1 atom stereocenters. The maximum absolute atomic E-state index is 14.0. The van der Waals surface area contributed by atoms with Crippen molar-refractivity contribution in [2.24, 2.45) is 0 Å². The Bertz CT molecular complexity index is 630. The summed E-state index contributed by atoms with van der Waals surface area (Å²) in [5, 5.41) is 4.06. The van der Waals surface area contributed by atoms with E-state index in [-0.39, 0.29) is 17.6 Å². The molecule has 2 aromatic carbocycles. The van der Waals surface area contributed by atoms with Crippen molar-refractivity contribution < 1.29 is 9.13 Å². The van der Waals surface area contributed by atoms with Crippen LogP contribution in [0.2, 0.25) is 5.02 Å². The zero-order chi connectivity index (χ0) is 15.4. The summed E-state index contributed by atoms with van der Waals surface area (Å²) in [6, 6.07) is 10.7. The monoisotopic (exact) mass is 307 g/mol. The Balaban J connectivity index is 2.48. The van der Waals surface area contributed by atoms with E-state index in [4.69, 9.17) is 16.3 Å². The van der Waals surface area contributed by atoms with Gasteiger partial charge in [-0.3, -0.25) is 0 Å². The van der Waals surface area contributed by atoms with Crippen molar-refractivity contribution in [3.05, 3.63) is 63.9 Å². The molecule has 0 aliphatic carbocycles. The highest BCUT2D eigenvalue weighted by molar-refractivity contribution is 6.32. The molecule has 0 amide bonds. The summed E-state index contributed by atoms with van der Waals surface area (Å²) in [6.45, 7) is 4.72. The van der Waals surface area contributed by atoms with Crippen molar-refractivity contribution in [1.82, 2.24) is 5.32 Å². The number of methoxy groups -OCH3 is 1. The predicted octanol–water partition coefficient (Wildman–Crippen LogP) is 4.50. The lowest BCUT2D eigenvalue weighted by Gasteiger charge is -2.21. The number of hydrogen-bond donors (Lipinski definition) is 1. The summed E-state index contributed by atoms with van der Waals surface area (Å²) in [6.07, 6.45) is 0. The van der Waals surface area contributed by atoms with E-state index < -0.39 is 0 Å². The van der Waals surface area contributed by atoms with Crippen LogP contribution < -0.4 is 10.1 Å². The molecule has 4 heteroatoms. The Hall–Kier alpha value is -1.58. The lowest BCUT2D eigenvalue weighted by molar-refractivity contribution is 0.385. The fourth-order valence-electron chi connectivity index (χ4n) is 2.37. The molecule has 0 aliphatic heterocycles. The third-order valence-electron chi connectivity index (χ3n) is 3.45. The average Bonchev–Trinajstić information content (AvgIpc) is 2.48. The van der Waals surface area contributed by atoms with E-state index in [0.717, 1.165) is 23.2 Å². The molecule has 0 radical (unpaired) electrons. The highest BCUT2D eigenvalue weighted by Crippen LogP contribution is 2.32. The number of rotatable bonds is 5. The molecule has 112 valence electrons. The van der Waals surface area contributed by atoms with Crippen LogP contribution in [0.15, 0.2) is 36.4 Å². The maximum Gasteiger partial charge on any atom is 0.165 e. The molecule has 2 nitrogen and oxygen atoms in total. The van der Waals surface area contributed by atoms with Crippen LogP contribution in [0.3, 0.4) is 0 Å². The second-order valence-corrected chi connectivity index (χ2v) is 5.24. The lowest BCUT2D eigenvalue weighted by Crippen LogP contribution is -2.22. The van der Waals surface area contributed by atoms with Gasteiger partial charge in [0.1, 0.15) is 0 Å². The summed E-state index contributed by atoms with van der Waals surface area (Å²) in [4.78, 5) is 0. The Kier molecular flexibility index (Phi) is 5.21. The molecule has 2 aromatic rings. The molecule has 0 fully saturated rings. The van der Waals surface area contributed by atoms with Gasteiger partial charge in [0.25, 0.3) is 0 Å². The number of nitrogens with one attached hydrogen (secondary N) is 1. The Labute approximate surface area is 129 Å². The highest BCUT2D eigenvalue weighted by Gasteiger charge is 2.18. The topological polar surface area (TPSA) is 21.3 Å². The Morgan fingerprint density at radius 2 is 2.05 bits per heavy atom. The fourth-order valence-corrected chi connectivity index (χ4v) is 2.60. The second kappa shape index (κ2) is 6.92. The summed E-state index contributed by atoms with van der Waals surface area (Å²) < 4.78 is 18.9. The van der Waals surface area contributed by atoms with Gasteiger partial charge in [-0.2, -0.15) is 0 Å². The smallest absolute Gasteiger partial charge is 0.165 e. The second-order valence-electron chi connectivity index (χ2n) is 4.86. The number of aryl methyl sites for hydroxylation is 1. The van der Waals surface area contributed by atoms with Crippen LogP contribution in [-0.2, 0) is 0 Å². The third kappa shape index (κ3) is 3.36. The molecule has 0 spiro atoms. The van der Waals surface area contributed by atoms with Crippen LogP contribution in [0.5, 0.6) is 5.75 Å². The van der Waals surface area contributed by atoms with E-state index in [1.807, 2.05) is 38.1 Å². The number of hydrogen-bond acceptors (Lipinski definition) is 2. The highest BCUT2D eigenvalue weighted by atomic mass is 35.5. The van der Waals surface area contributed by atoms with Gasteiger partial charge >= 0.3 is 0 Å². The van der Waals surface area contributed by atoms with Crippen molar-refractivity contribution in [2.75, 3.05) is 13.7 Å². The quantitative estimate of drug-likeness (QED) is 0.878. The zero-order valence-electron chi connectivity index (χ0n) is 12.4. The van der Waals surface area contributed by atoms with E-state index in [9.17, 15) is 4.39 Å². The van der Waals surface area contributed by atoms with Crippen molar-refractivity contribution in [3.63, 3.8) is 0 Å². The molecule has 0 heterocycles. The van der Waals surface area contributed by atoms with Gasteiger partial charge in [-0.05, 0) is 42.3 Å². The summed E-state index contributed by atoms with van der Waals surface area (Å²) in [5.41, 5.74) is 2.77. The van der Waals surface area contributed by atoms with Crippen molar-refractivity contribution in [2.45, 2.75) is 19.9 Å². The minimum atomic E-state index is -0.373. The van der Waals surface area contributed by atoms with E-state index in [1.54, 1.807) is 6.07 Å². The van der Waals surface area contributed by atoms with Gasteiger partial charge in [-0.15, -0.1) is 0 Å². The van der Waals surface area contributed by atoms with E-state index in [1.165, 1.54) is 13.2 Å². The van der Waals surface area contributed by atoms with Gasteiger partial charge < -0.3 is 10.1 Å². The lowest BCUT2D eigenvalue weighted by atomic mass is 9.97. The van der Waals surface area contributed by atoms with Gasteiger partial charge in [-0.25, -0.2) is 4.39 Å². The molecule has 1 unspecified atom stereocenters. The Morgan fingerprint density at radius 1 is 1.29 bits per heavy atom. The van der Waals surface area contributed by atoms with Crippen molar-refractivity contribution in [3.8, 4) is 5.75 Å². The number of halogens is 2. The first kappa shape index (κ1) is 15.8. The average molecular weight is 308 g/mol. The molecule has 0 bridgehead atoms. The largest absolute Gasteiger partial charge is 0.494 e. The normalized spacial score (nSPS) is 12.2. The minimum Gasteiger partial charge on any atom is -0.494 e. The van der Waals surface area contributed by atoms with Crippen LogP contribution >= 0.6 is 11.6 Å². The standard InChI is InChI=1S/C17H19ClFNO/c1-4-20-17(13-7-5-6-11(2)16(13)18)12-8-9-15(21-3)14(19)10-12/h5-10,17,20H,4H2,1-3H3. The molecule has 0 saturated carbocycles. The van der Waals surface area contributed by atoms with Crippen LogP contribution in [-0.4, -0.2) is 13.7 Å². The molecule has 2 rings (SSSR count). The van der Waals surface area contributed by atoms with Crippen molar-refractivity contribution >= 4 is 11.6 Å². The van der Waals surface area contributed by atoms with E-state index >= 15 is 0 Å². The van der Waals surface area contributed by atoms with Crippen molar-refractivity contribution in [1.29, 1.82) is 0 Å². The van der Waals surface area contributed by atoms with Gasteiger partial charge in [-0.1, -0.05) is 42.8 Å². The first-order valence-electron chi connectivity index (χ1n) is 6.90. The molecule has 0 saturated heterocycles. The van der Waals surface area contributed by atoms with Gasteiger partial charge in [0.05, 0.1) is 13.2 Å². The molecular formula is C17H19ClFNO.